The molecule has 0 unspecified atom stereocenters. The van der Waals surface area contributed by atoms with Gasteiger partial charge in [0.05, 0.1) is 0 Å². The van der Waals surface area contributed by atoms with Crippen molar-refractivity contribution in [1.29, 1.82) is 0 Å². The number of hydrogen-bond donors (Lipinski definition) is 1. The highest BCUT2D eigenvalue weighted by Gasteiger charge is 2.15. The van der Waals surface area contributed by atoms with Crippen molar-refractivity contribution in [2.45, 2.75) is 42.4 Å². The molecule has 1 saturated carbocycles. The fourth-order valence-corrected chi connectivity index (χ4v) is 3.95. The Morgan fingerprint density at radius 3 is 2.52 bits per heavy atom. The summed E-state index contributed by atoms with van der Waals surface area (Å²) in [5, 5.41) is 4.14. The van der Waals surface area contributed by atoms with Gasteiger partial charge in [0.2, 0.25) is 0 Å². The molecule has 2 aromatic carbocycles. The summed E-state index contributed by atoms with van der Waals surface area (Å²) in [6.45, 7) is 0.646. The zero-order chi connectivity index (χ0) is 14.5. The van der Waals surface area contributed by atoms with Gasteiger partial charge in [0.25, 0.3) is 0 Å². The fourth-order valence-electron chi connectivity index (χ4n) is 2.70. The summed E-state index contributed by atoms with van der Waals surface area (Å²) in [6.07, 6.45) is 5.46. The van der Waals surface area contributed by atoms with Crippen LogP contribution < -0.4 is 5.32 Å². The molecule has 1 aliphatic rings. The Morgan fingerprint density at radius 2 is 1.81 bits per heavy atom. The second kappa shape index (κ2) is 6.99. The molecule has 0 heterocycles. The molecule has 1 N–H and O–H groups in total. The smallest absolute Gasteiger partial charge is 0.123 e. The van der Waals surface area contributed by atoms with Crippen LogP contribution in [0.2, 0.25) is 0 Å². The van der Waals surface area contributed by atoms with Gasteiger partial charge in [-0.2, -0.15) is 0 Å². The minimum atomic E-state index is -0.183. The maximum atomic E-state index is 13.1. The SMILES string of the molecule is Fc1cccc(CNc2ccc(SC3CCCC3)cc2)c1. The van der Waals surface area contributed by atoms with Crippen LogP contribution in [0, 0.1) is 5.82 Å². The fraction of sp³-hybridized carbons (Fsp3) is 0.333. The van der Waals surface area contributed by atoms with Crippen molar-refractivity contribution in [3.05, 3.63) is 59.9 Å². The van der Waals surface area contributed by atoms with E-state index in [1.807, 2.05) is 17.8 Å². The Kier molecular flexibility index (Phi) is 4.81. The highest BCUT2D eigenvalue weighted by molar-refractivity contribution is 8.00. The van der Waals surface area contributed by atoms with E-state index in [2.05, 4.69) is 29.6 Å². The second-order valence-corrected chi connectivity index (χ2v) is 6.91. The van der Waals surface area contributed by atoms with E-state index in [1.54, 1.807) is 12.1 Å². The predicted molar refractivity (Wildman–Crippen MR) is 88.3 cm³/mol. The molecule has 0 radical (unpaired) electrons. The van der Waals surface area contributed by atoms with E-state index in [-0.39, 0.29) is 5.82 Å². The maximum absolute atomic E-state index is 13.1. The summed E-state index contributed by atoms with van der Waals surface area (Å²) in [7, 11) is 0. The number of halogens is 1. The van der Waals surface area contributed by atoms with Gasteiger partial charge in [0.15, 0.2) is 0 Å². The average molecular weight is 301 g/mol. The van der Waals surface area contributed by atoms with Gasteiger partial charge in [0.1, 0.15) is 5.82 Å². The van der Waals surface area contributed by atoms with Gasteiger partial charge in [-0.05, 0) is 54.8 Å². The van der Waals surface area contributed by atoms with E-state index in [0.717, 1.165) is 16.5 Å². The first-order chi connectivity index (χ1) is 10.3. The van der Waals surface area contributed by atoms with Gasteiger partial charge in [-0.1, -0.05) is 25.0 Å². The monoisotopic (exact) mass is 301 g/mol. The first kappa shape index (κ1) is 14.5. The van der Waals surface area contributed by atoms with Gasteiger partial charge < -0.3 is 5.32 Å². The van der Waals surface area contributed by atoms with Crippen LogP contribution in [-0.4, -0.2) is 5.25 Å². The summed E-state index contributed by atoms with van der Waals surface area (Å²) < 4.78 is 13.1. The van der Waals surface area contributed by atoms with Crippen LogP contribution in [0.15, 0.2) is 53.4 Å². The third-order valence-electron chi connectivity index (χ3n) is 3.84. The lowest BCUT2D eigenvalue weighted by atomic mass is 10.2. The van der Waals surface area contributed by atoms with Crippen molar-refractivity contribution in [1.82, 2.24) is 0 Å². The molecule has 0 amide bonds. The van der Waals surface area contributed by atoms with Gasteiger partial charge in [-0.15, -0.1) is 11.8 Å². The minimum Gasteiger partial charge on any atom is -0.381 e. The van der Waals surface area contributed by atoms with Crippen LogP contribution in [-0.2, 0) is 6.54 Å². The molecular formula is C18H20FNS. The Balaban J connectivity index is 1.54. The van der Waals surface area contributed by atoms with Gasteiger partial charge >= 0.3 is 0 Å². The van der Waals surface area contributed by atoms with Crippen molar-refractivity contribution in [2.24, 2.45) is 0 Å². The van der Waals surface area contributed by atoms with Gasteiger partial charge in [-0.25, -0.2) is 4.39 Å². The van der Waals surface area contributed by atoms with Crippen LogP contribution in [0.3, 0.4) is 0 Å². The topological polar surface area (TPSA) is 12.0 Å². The Bertz CT molecular complexity index is 576. The number of hydrogen-bond acceptors (Lipinski definition) is 2. The van der Waals surface area contributed by atoms with Gasteiger partial charge in [0, 0.05) is 22.4 Å². The maximum Gasteiger partial charge on any atom is 0.123 e. The van der Waals surface area contributed by atoms with E-state index in [1.165, 1.54) is 36.6 Å². The molecule has 110 valence electrons. The van der Waals surface area contributed by atoms with E-state index >= 15 is 0 Å². The number of thioether (sulfide) groups is 1. The Labute approximate surface area is 130 Å². The summed E-state index contributed by atoms with van der Waals surface area (Å²) in [5.41, 5.74) is 2.04. The van der Waals surface area contributed by atoms with Gasteiger partial charge in [-0.3, -0.25) is 0 Å². The molecule has 1 aliphatic carbocycles. The zero-order valence-corrected chi connectivity index (χ0v) is 12.8. The summed E-state index contributed by atoms with van der Waals surface area (Å²) in [6, 6.07) is 15.3. The molecule has 0 spiro atoms. The van der Waals surface area contributed by atoms with Crippen LogP contribution in [0.1, 0.15) is 31.2 Å². The van der Waals surface area contributed by atoms with Crippen LogP contribution >= 0.6 is 11.8 Å². The standard InChI is InChI=1S/C18H20FNS/c19-15-5-3-4-14(12-15)13-20-16-8-10-18(11-9-16)21-17-6-1-2-7-17/h3-5,8-12,17,20H,1-2,6-7,13H2. The van der Waals surface area contributed by atoms with Crippen molar-refractivity contribution < 1.29 is 4.39 Å². The molecule has 0 aromatic heterocycles. The first-order valence-corrected chi connectivity index (χ1v) is 8.42. The lowest BCUT2D eigenvalue weighted by Crippen LogP contribution is -1.99. The first-order valence-electron chi connectivity index (χ1n) is 7.55. The highest BCUT2D eigenvalue weighted by atomic mass is 32.2. The largest absolute Gasteiger partial charge is 0.381 e. The molecule has 0 bridgehead atoms. The lowest BCUT2D eigenvalue weighted by Gasteiger charge is -2.10. The Hall–Kier alpha value is -1.48. The Morgan fingerprint density at radius 1 is 1.05 bits per heavy atom. The highest BCUT2D eigenvalue weighted by Crippen LogP contribution is 2.34. The van der Waals surface area contributed by atoms with E-state index in [0.29, 0.717) is 6.54 Å². The van der Waals surface area contributed by atoms with E-state index in [9.17, 15) is 4.39 Å². The molecular weight excluding hydrogens is 281 g/mol. The van der Waals surface area contributed by atoms with Crippen LogP contribution in [0.25, 0.3) is 0 Å². The molecule has 2 aromatic rings. The van der Waals surface area contributed by atoms with Crippen LogP contribution in [0.5, 0.6) is 0 Å². The summed E-state index contributed by atoms with van der Waals surface area (Å²) >= 11 is 2.00. The molecule has 1 fully saturated rings. The van der Waals surface area contributed by atoms with Crippen LogP contribution in [0.4, 0.5) is 10.1 Å². The third-order valence-corrected chi connectivity index (χ3v) is 5.19. The molecule has 0 saturated heterocycles. The average Bonchev–Trinajstić information content (AvgIpc) is 3.00. The van der Waals surface area contributed by atoms with Crippen molar-refractivity contribution in [3.8, 4) is 0 Å². The third kappa shape index (κ3) is 4.24. The van der Waals surface area contributed by atoms with E-state index < -0.39 is 0 Å². The second-order valence-electron chi connectivity index (χ2n) is 5.53. The van der Waals surface area contributed by atoms with Crippen molar-refractivity contribution in [3.63, 3.8) is 0 Å². The lowest BCUT2D eigenvalue weighted by molar-refractivity contribution is 0.626. The number of benzene rings is 2. The normalized spacial score (nSPS) is 15.3. The summed E-state index contributed by atoms with van der Waals surface area (Å²) in [4.78, 5) is 1.35. The molecule has 21 heavy (non-hydrogen) atoms. The number of rotatable bonds is 5. The molecule has 3 rings (SSSR count). The van der Waals surface area contributed by atoms with Crippen molar-refractivity contribution >= 4 is 17.4 Å². The predicted octanol–water partition coefficient (Wildman–Crippen LogP) is 5.47. The van der Waals surface area contributed by atoms with Crippen molar-refractivity contribution in [2.75, 3.05) is 5.32 Å². The van der Waals surface area contributed by atoms with E-state index in [4.69, 9.17) is 0 Å². The molecule has 0 atom stereocenters. The molecule has 0 aliphatic heterocycles. The number of anilines is 1. The molecule has 3 heteroatoms. The number of nitrogens with one attached hydrogen (secondary N) is 1. The summed E-state index contributed by atoms with van der Waals surface area (Å²) in [5.74, 6) is -0.183. The quantitative estimate of drug-likeness (QED) is 0.785. The minimum absolute atomic E-state index is 0.183. The molecule has 1 nitrogen and oxygen atoms in total. The zero-order valence-electron chi connectivity index (χ0n) is 12.0.